The molecule has 124 valence electrons. The van der Waals surface area contributed by atoms with E-state index < -0.39 is 11.4 Å². The second-order valence-electron chi connectivity index (χ2n) is 6.75. The summed E-state index contributed by atoms with van der Waals surface area (Å²) in [6.07, 6.45) is 2.62. The van der Waals surface area contributed by atoms with Crippen molar-refractivity contribution in [2.24, 2.45) is 11.3 Å². The molecule has 1 amide bonds. The number of likely N-dealkylation sites (tertiary alicyclic amines) is 1. The average Bonchev–Trinajstić information content (AvgIpc) is 2.99. The Bertz CT molecular complexity index is 649. The number of carbonyl (C=O) groups excluding carboxylic acids is 1. The lowest BCUT2D eigenvalue weighted by atomic mass is 9.81. The number of rotatable bonds is 4. The van der Waals surface area contributed by atoms with Crippen LogP contribution in [0.4, 0.5) is 5.69 Å². The van der Waals surface area contributed by atoms with Gasteiger partial charge in [0.15, 0.2) is 0 Å². The van der Waals surface area contributed by atoms with Gasteiger partial charge in [-0.2, -0.15) is 0 Å². The predicted octanol–water partition coefficient (Wildman–Crippen LogP) is 2.77. The number of anilines is 1. The van der Waals surface area contributed by atoms with Crippen LogP contribution >= 0.6 is 11.6 Å². The lowest BCUT2D eigenvalue weighted by Crippen LogP contribution is -2.37. The van der Waals surface area contributed by atoms with Crippen molar-refractivity contribution in [3.8, 4) is 0 Å². The van der Waals surface area contributed by atoms with Gasteiger partial charge >= 0.3 is 5.97 Å². The highest BCUT2D eigenvalue weighted by Crippen LogP contribution is 2.48. The normalized spacial score (nSPS) is 27.0. The molecule has 3 rings (SSSR count). The number of nitrogens with zero attached hydrogens (tertiary/aromatic N) is 1. The minimum atomic E-state index is -0.718. The minimum Gasteiger partial charge on any atom is -0.481 e. The van der Waals surface area contributed by atoms with Gasteiger partial charge in [-0.25, -0.2) is 0 Å². The first kappa shape index (κ1) is 16.3. The van der Waals surface area contributed by atoms with Crippen LogP contribution in [0.15, 0.2) is 18.2 Å². The van der Waals surface area contributed by atoms with Crippen LogP contribution in [0.5, 0.6) is 0 Å². The van der Waals surface area contributed by atoms with Crippen LogP contribution in [0.2, 0.25) is 5.02 Å². The monoisotopic (exact) mass is 336 g/mol. The van der Waals surface area contributed by atoms with E-state index in [-0.39, 0.29) is 18.4 Å². The fourth-order valence-electron chi connectivity index (χ4n) is 3.98. The number of benzene rings is 1. The number of nitrogens with one attached hydrogen (secondary N) is 1. The van der Waals surface area contributed by atoms with Gasteiger partial charge in [0.25, 0.3) is 0 Å². The molecule has 1 heterocycles. The summed E-state index contributed by atoms with van der Waals surface area (Å²) in [5.74, 6) is -0.712. The fraction of sp³-hybridized carbons (Fsp3) is 0.529. The lowest BCUT2D eigenvalue weighted by Gasteiger charge is -2.23. The molecular weight excluding hydrogens is 316 g/mol. The minimum absolute atomic E-state index is 0.156. The van der Waals surface area contributed by atoms with E-state index in [9.17, 15) is 14.7 Å². The van der Waals surface area contributed by atoms with Crippen molar-refractivity contribution in [2.75, 3.05) is 25.0 Å². The maximum absolute atomic E-state index is 12.2. The van der Waals surface area contributed by atoms with Crippen LogP contribution in [0.3, 0.4) is 0 Å². The van der Waals surface area contributed by atoms with Gasteiger partial charge in [-0.15, -0.1) is 0 Å². The Labute approximate surface area is 140 Å². The van der Waals surface area contributed by atoms with E-state index in [1.807, 2.05) is 17.9 Å². The molecule has 2 fully saturated rings. The van der Waals surface area contributed by atoms with Crippen molar-refractivity contribution in [1.82, 2.24) is 4.90 Å². The van der Waals surface area contributed by atoms with E-state index in [2.05, 4.69) is 5.32 Å². The molecule has 0 spiro atoms. The van der Waals surface area contributed by atoms with Crippen molar-refractivity contribution in [3.63, 3.8) is 0 Å². The summed E-state index contributed by atoms with van der Waals surface area (Å²) in [5.41, 5.74) is 0.972. The summed E-state index contributed by atoms with van der Waals surface area (Å²) in [4.78, 5) is 25.9. The highest BCUT2D eigenvalue weighted by molar-refractivity contribution is 6.33. The number of carboxylic acids is 1. The van der Waals surface area contributed by atoms with Crippen molar-refractivity contribution in [1.29, 1.82) is 0 Å². The van der Waals surface area contributed by atoms with Gasteiger partial charge in [-0.05, 0) is 43.4 Å². The Hall–Kier alpha value is -1.59. The van der Waals surface area contributed by atoms with Gasteiger partial charge in [-0.3, -0.25) is 14.5 Å². The number of carboxylic acid groups (broad SMARTS) is 1. The van der Waals surface area contributed by atoms with E-state index in [1.165, 1.54) is 0 Å². The summed E-state index contributed by atoms with van der Waals surface area (Å²) in [6.45, 7) is 3.28. The highest BCUT2D eigenvalue weighted by Gasteiger charge is 2.54. The van der Waals surface area contributed by atoms with Crippen LogP contribution in [0.1, 0.15) is 24.8 Å². The summed E-state index contributed by atoms with van der Waals surface area (Å²) < 4.78 is 0. The Kier molecular flexibility index (Phi) is 4.34. The van der Waals surface area contributed by atoms with Crippen molar-refractivity contribution < 1.29 is 14.7 Å². The zero-order chi connectivity index (χ0) is 16.6. The first-order valence-electron chi connectivity index (χ1n) is 7.92. The van der Waals surface area contributed by atoms with Crippen molar-refractivity contribution >= 4 is 29.2 Å². The number of hydrogen-bond acceptors (Lipinski definition) is 3. The van der Waals surface area contributed by atoms with Crippen LogP contribution < -0.4 is 5.32 Å². The Morgan fingerprint density at radius 1 is 1.48 bits per heavy atom. The van der Waals surface area contributed by atoms with Gasteiger partial charge in [0.2, 0.25) is 5.91 Å². The largest absolute Gasteiger partial charge is 0.481 e. The third-order valence-corrected chi connectivity index (χ3v) is 5.45. The molecule has 0 bridgehead atoms. The standard InChI is InChI=1S/C17H21ClN2O3/c1-11-4-5-14(13(18)7-11)19-15(21)9-20-8-12-3-2-6-17(12,10-20)16(22)23/h4-5,7,12H,2-3,6,8-10H2,1H3,(H,19,21)(H,22,23)/t12-,17+/m0/s1. The number of halogens is 1. The molecule has 1 saturated carbocycles. The third kappa shape index (κ3) is 3.08. The molecule has 1 aliphatic carbocycles. The van der Waals surface area contributed by atoms with Gasteiger partial charge in [0, 0.05) is 13.1 Å². The molecule has 5 nitrogen and oxygen atoms in total. The van der Waals surface area contributed by atoms with E-state index in [0.29, 0.717) is 23.8 Å². The van der Waals surface area contributed by atoms with Crippen LogP contribution in [-0.2, 0) is 9.59 Å². The van der Waals surface area contributed by atoms with Crippen LogP contribution in [-0.4, -0.2) is 41.5 Å². The van der Waals surface area contributed by atoms with E-state index in [0.717, 1.165) is 24.8 Å². The van der Waals surface area contributed by atoms with Crippen LogP contribution in [0.25, 0.3) is 0 Å². The number of fused-ring (bicyclic) bond motifs is 1. The van der Waals surface area contributed by atoms with Crippen LogP contribution in [0, 0.1) is 18.3 Å². The summed E-state index contributed by atoms with van der Waals surface area (Å²) in [7, 11) is 0. The zero-order valence-corrected chi connectivity index (χ0v) is 13.9. The first-order chi connectivity index (χ1) is 10.9. The molecule has 1 saturated heterocycles. The van der Waals surface area contributed by atoms with Gasteiger partial charge < -0.3 is 10.4 Å². The number of amides is 1. The molecule has 6 heteroatoms. The Morgan fingerprint density at radius 2 is 2.26 bits per heavy atom. The topological polar surface area (TPSA) is 69.6 Å². The van der Waals surface area contributed by atoms with Gasteiger partial charge in [-0.1, -0.05) is 24.1 Å². The van der Waals surface area contributed by atoms with Crippen molar-refractivity contribution in [2.45, 2.75) is 26.2 Å². The summed E-state index contributed by atoms with van der Waals surface area (Å²) >= 11 is 6.13. The SMILES string of the molecule is Cc1ccc(NC(=O)CN2C[C@@H]3CCC[C@@]3(C(=O)O)C2)c(Cl)c1. The number of carbonyl (C=O) groups is 2. The van der Waals surface area contributed by atoms with Gasteiger partial charge in [0.1, 0.15) is 0 Å². The molecular formula is C17H21ClN2O3. The number of aliphatic carboxylic acids is 1. The summed E-state index contributed by atoms with van der Waals surface area (Å²) in [5, 5.41) is 12.9. The predicted molar refractivity (Wildman–Crippen MR) is 88.7 cm³/mol. The quantitative estimate of drug-likeness (QED) is 0.887. The second-order valence-corrected chi connectivity index (χ2v) is 7.16. The van der Waals surface area contributed by atoms with E-state index in [4.69, 9.17) is 11.6 Å². The molecule has 0 unspecified atom stereocenters. The lowest BCUT2D eigenvalue weighted by molar-refractivity contribution is -0.149. The van der Waals surface area contributed by atoms with Crippen molar-refractivity contribution in [3.05, 3.63) is 28.8 Å². The number of aryl methyl sites for hydroxylation is 1. The maximum atomic E-state index is 12.2. The fourth-order valence-corrected chi connectivity index (χ4v) is 4.26. The average molecular weight is 337 g/mol. The Balaban J connectivity index is 1.62. The molecule has 1 aromatic carbocycles. The number of hydrogen-bond donors (Lipinski definition) is 2. The molecule has 2 aliphatic rings. The third-order valence-electron chi connectivity index (χ3n) is 5.13. The second kappa shape index (κ2) is 6.13. The molecule has 1 aliphatic heterocycles. The Morgan fingerprint density at radius 3 is 2.91 bits per heavy atom. The van der Waals surface area contributed by atoms with E-state index >= 15 is 0 Å². The first-order valence-corrected chi connectivity index (χ1v) is 8.30. The molecule has 0 aromatic heterocycles. The molecule has 2 N–H and O–H groups in total. The van der Waals surface area contributed by atoms with Gasteiger partial charge in [0.05, 0.1) is 22.7 Å². The highest BCUT2D eigenvalue weighted by atomic mass is 35.5. The van der Waals surface area contributed by atoms with E-state index in [1.54, 1.807) is 12.1 Å². The molecule has 2 atom stereocenters. The maximum Gasteiger partial charge on any atom is 0.311 e. The summed E-state index contributed by atoms with van der Waals surface area (Å²) in [6, 6.07) is 5.48. The molecule has 1 aromatic rings. The molecule has 23 heavy (non-hydrogen) atoms. The molecule has 0 radical (unpaired) electrons. The smallest absolute Gasteiger partial charge is 0.311 e. The zero-order valence-electron chi connectivity index (χ0n) is 13.1.